The molecule has 0 aliphatic carbocycles. The highest BCUT2D eigenvalue weighted by Crippen LogP contribution is 2.39. The zero-order valence-electron chi connectivity index (χ0n) is 31.1. The number of benzene rings is 1. The lowest BCUT2D eigenvalue weighted by Crippen LogP contribution is -2.52. The third-order valence-corrected chi connectivity index (χ3v) is 10.5. The van der Waals surface area contributed by atoms with Gasteiger partial charge in [-0.1, -0.05) is 74.3 Å². The summed E-state index contributed by atoms with van der Waals surface area (Å²) >= 11 is 12.5. The second-order valence-corrected chi connectivity index (χ2v) is 15.3. The fourth-order valence-electron chi connectivity index (χ4n) is 6.76. The smallest absolute Gasteiger partial charge is 0.309 e. The van der Waals surface area contributed by atoms with Crippen molar-refractivity contribution in [2.24, 2.45) is 11.8 Å². The van der Waals surface area contributed by atoms with Crippen LogP contribution >= 0.6 is 23.2 Å². The lowest BCUT2D eigenvalue weighted by Gasteiger charge is -2.32. The molecule has 2 aliphatic heterocycles. The van der Waals surface area contributed by atoms with Gasteiger partial charge in [-0.3, -0.25) is 9.59 Å². The Hall–Kier alpha value is -2.28. The van der Waals surface area contributed by atoms with Crippen LogP contribution in [0.1, 0.15) is 79.7 Å². The number of rotatable bonds is 14. The van der Waals surface area contributed by atoms with Gasteiger partial charge < -0.3 is 39.6 Å². The monoisotopic (exact) mass is 753 g/mol. The van der Waals surface area contributed by atoms with E-state index in [1.165, 1.54) is 13.8 Å². The van der Waals surface area contributed by atoms with Crippen LogP contribution in [0, 0.1) is 11.8 Å². The number of cyclic esters (lactones) is 1. The summed E-state index contributed by atoms with van der Waals surface area (Å²) in [7, 11) is 1.70. The van der Waals surface area contributed by atoms with E-state index in [1.807, 2.05) is 19.9 Å². The lowest BCUT2D eigenvalue weighted by atomic mass is 9.87. The number of esters is 2. The Morgan fingerprint density at radius 1 is 1.24 bits per heavy atom. The number of aliphatic hydroxyl groups is 3. The molecule has 51 heavy (non-hydrogen) atoms. The molecule has 0 amide bonds. The molecule has 0 bridgehead atoms. The predicted molar refractivity (Wildman–Crippen MR) is 199 cm³/mol. The highest BCUT2D eigenvalue weighted by Gasteiger charge is 2.54. The largest absolute Gasteiger partial charge is 0.457 e. The van der Waals surface area contributed by atoms with E-state index in [1.54, 1.807) is 56.5 Å². The predicted octanol–water partition coefficient (Wildman–Crippen LogP) is 5.91. The summed E-state index contributed by atoms with van der Waals surface area (Å²) in [6.07, 6.45) is 6.81. The van der Waals surface area contributed by atoms with Crippen molar-refractivity contribution in [1.29, 1.82) is 0 Å². The summed E-state index contributed by atoms with van der Waals surface area (Å²) in [5.41, 5.74) is -1.22. The number of methoxy groups -OCH3 is 1. The average Bonchev–Trinajstić information content (AvgIpc) is 3.83. The van der Waals surface area contributed by atoms with E-state index in [9.17, 15) is 24.9 Å². The highest BCUT2D eigenvalue weighted by molar-refractivity contribution is 6.35. The normalized spacial score (nSPS) is 31.4. The molecule has 2 unspecified atom stereocenters. The van der Waals surface area contributed by atoms with Crippen LogP contribution in [0.4, 0.5) is 0 Å². The SMILES string of the molecule is CC[C@H](OC)[C@@H](C)[C@H]1O[C@@H]1C(NCCc1ccc(Cl)cc1Cl)C(C)(O)/C=C/C=C(\C)[C@@H]1OC(=O)C[C@H](O)CC[C@@](C)(O)[C@@H](OC(C)=O)/C=C/[C@@H]1C. The van der Waals surface area contributed by atoms with Crippen LogP contribution in [-0.4, -0.2) is 94.8 Å². The number of epoxide rings is 1. The number of carbonyl (C=O) groups is 2. The number of ether oxygens (including phenoxy) is 4. The van der Waals surface area contributed by atoms with Crippen LogP contribution in [-0.2, 0) is 35.0 Å². The summed E-state index contributed by atoms with van der Waals surface area (Å²) in [6.45, 7) is 12.9. The van der Waals surface area contributed by atoms with Crippen molar-refractivity contribution >= 4 is 35.1 Å². The molecule has 0 spiro atoms. The minimum atomic E-state index is -1.46. The quantitative estimate of drug-likeness (QED) is 0.0783. The molecular weight excluding hydrogens is 697 g/mol. The first-order valence-electron chi connectivity index (χ1n) is 17.8. The number of aliphatic hydroxyl groups excluding tert-OH is 1. The third-order valence-electron chi connectivity index (χ3n) is 9.96. The average molecular weight is 755 g/mol. The molecule has 0 saturated carbocycles. The molecule has 1 aromatic rings. The number of carbonyl (C=O) groups excluding carboxylic acids is 2. The summed E-state index contributed by atoms with van der Waals surface area (Å²) in [5, 5.41) is 38.2. The minimum absolute atomic E-state index is 0.0147. The second-order valence-electron chi connectivity index (χ2n) is 14.5. The van der Waals surface area contributed by atoms with Gasteiger partial charge in [-0.2, -0.15) is 0 Å². The zero-order valence-corrected chi connectivity index (χ0v) is 32.6. The summed E-state index contributed by atoms with van der Waals surface area (Å²) < 4.78 is 23.2. The zero-order chi connectivity index (χ0) is 38.1. The Balaban J connectivity index is 1.86. The molecule has 0 aromatic heterocycles. The molecule has 0 radical (unpaired) electrons. The molecule has 2 aliphatic rings. The van der Waals surface area contributed by atoms with Crippen molar-refractivity contribution in [2.75, 3.05) is 13.7 Å². The molecule has 2 heterocycles. The van der Waals surface area contributed by atoms with Gasteiger partial charge in [0.1, 0.15) is 23.9 Å². The fraction of sp³-hybridized carbons (Fsp3) is 0.641. The van der Waals surface area contributed by atoms with Crippen LogP contribution in [0.5, 0.6) is 0 Å². The van der Waals surface area contributed by atoms with Gasteiger partial charge >= 0.3 is 11.9 Å². The molecule has 12 heteroatoms. The molecule has 1 saturated heterocycles. The lowest BCUT2D eigenvalue weighted by molar-refractivity contribution is -0.157. The highest BCUT2D eigenvalue weighted by atomic mass is 35.5. The number of halogens is 2. The van der Waals surface area contributed by atoms with Crippen molar-refractivity contribution in [3.05, 3.63) is 69.8 Å². The first kappa shape index (κ1) is 43.1. The summed E-state index contributed by atoms with van der Waals surface area (Å²) in [4.78, 5) is 24.7. The fourth-order valence-corrected chi connectivity index (χ4v) is 7.26. The Bertz CT molecular complexity index is 1410. The Morgan fingerprint density at radius 3 is 2.57 bits per heavy atom. The van der Waals surface area contributed by atoms with E-state index in [0.29, 0.717) is 28.6 Å². The van der Waals surface area contributed by atoms with Gasteiger partial charge in [0.05, 0.1) is 36.4 Å². The van der Waals surface area contributed by atoms with E-state index in [2.05, 4.69) is 19.2 Å². The Labute approximate surface area is 313 Å². The van der Waals surface area contributed by atoms with Gasteiger partial charge in [0, 0.05) is 35.9 Å². The standard InChI is InChI=1S/C39H57Cl2NO9/c1-9-31(48-8)25(4)35-36(51-35)37(42-20-17-27-13-14-28(40)21-30(27)41)39(7,47)18-10-11-23(2)34-24(3)12-15-32(49-26(5)43)38(6,46)19-16-29(44)22-33(45)50-34/h10-15,18,21,24-25,29,31-32,34-37,42,44,46-47H,9,16-17,19-20,22H2,1-8H3/b15-12+,18-10+,23-11+/t24-,25+,29+,31-,32-,34-,35+,36-,37?,38+,39?/m0/s1. The first-order chi connectivity index (χ1) is 23.9. The van der Waals surface area contributed by atoms with E-state index >= 15 is 0 Å². The molecular formula is C39H57Cl2NO9. The van der Waals surface area contributed by atoms with Crippen LogP contribution in [0.2, 0.25) is 10.0 Å². The Kier molecular flexibility index (Phi) is 16.2. The van der Waals surface area contributed by atoms with Crippen molar-refractivity contribution in [3.8, 4) is 0 Å². The summed E-state index contributed by atoms with van der Waals surface area (Å²) in [6, 6.07) is 4.91. The molecule has 1 aromatic carbocycles. The van der Waals surface area contributed by atoms with E-state index in [0.717, 1.165) is 12.0 Å². The molecule has 4 N–H and O–H groups in total. The Morgan fingerprint density at radius 2 is 1.94 bits per heavy atom. The molecule has 10 nitrogen and oxygen atoms in total. The van der Waals surface area contributed by atoms with Crippen molar-refractivity contribution in [1.82, 2.24) is 5.32 Å². The van der Waals surface area contributed by atoms with Gasteiger partial charge in [0.2, 0.25) is 0 Å². The van der Waals surface area contributed by atoms with Crippen molar-refractivity contribution in [3.63, 3.8) is 0 Å². The second kappa shape index (κ2) is 19.2. The number of hydrogen-bond donors (Lipinski definition) is 4. The van der Waals surface area contributed by atoms with Gasteiger partial charge in [0.15, 0.2) is 0 Å². The first-order valence-corrected chi connectivity index (χ1v) is 18.5. The van der Waals surface area contributed by atoms with Gasteiger partial charge in [-0.05, 0) is 82.3 Å². The molecule has 286 valence electrons. The van der Waals surface area contributed by atoms with Gasteiger partial charge in [0.25, 0.3) is 0 Å². The van der Waals surface area contributed by atoms with E-state index < -0.39 is 53.4 Å². The maximum absolute atomic E-state index is 12.9. The maximum atomic E-state index is 12.9. The van der Waals surface area contributed by atoms with E-state index in [4.69, 9.17) is 42.1 Å². The van der Waals surface area contributed by atoms with Crippen molar-refractivity contribution < 1.29 is 43.9 Å². The molecule has 11 atom stereocenters. The topological polar surface area (TPSA) is 147 Å². The van der Waals surface area contributed by atoms with E-state index in [-0.39, 0.29) is 43.5 Å². The van der Waals surface area contributed by atoms with Crippen LogP contribution in [0.25, 0.3) is 0 Å². The van der Waals surface area contributed by atoms with Crippen LogP contribution < -0.4 is 5.32 Å². The maximum Gasteiger partial charge on any atom is 0.309 e. The summed E-state index contributed by atoms with van der Waals surface area (Å²) in [5.74, 6) is -1.42. The van der Waals surface area contributed by atoms with Gasteiger partial charge in [-0.15, -0.1) is 0 Å². The number of allylic oxidation sites excluding steroid dienone is 2. The van der Waals surface area contributed by atoms with Crippen molar-refractivity contribution in [2.45, 2.75) is 134 Å². The minimum Gasteiger partial charge on any atom is -0.457 e. The van der Waals surface area contributed by atoms with Crippen LogP contribution in [0.15, 0.2) is 54.2 Å². The molecule has 3 rings (SSSR count). The van der Waals surface area contributed by atoms with Crippen LogP contribution in [0.3, 0.4) is 0 Å². The third kappa shape index (κ3) is 12.7. The number of nitrogens with one attached hydrogen (secondary N) is 1. The van der Waals surface area contributed by atoms with Gasteiger partial charge in [-0.25, -0.2) is 0 Å². The number of hydrogen-bond acceptors (Lipinski definition) is 10. The molecule has 1 fully saturated rings.